The van der Waals surface area contributed by atoms with E-state index in [1.165, 1.54) is 38.5 Å². The molecule has 1 aromatic heterocycles. The quantitative estimate of drug-likeness (QED) is 0.849. The first-order valence-corrected chi connectivity index (χ1v) is 6.76. The minimum Gasteiger partial charge on any atom is -0.312 e. The molecule has 0 saturated heterocycles. The molecule has 1 aliphatic rings. The Bertz CT molecular complexity index is 345. The lowest BCUT2D eigenvalue weighted by Crippen LogP contribution is -2.19. The van der Waals surface area contributed by atoms with E-state index in [0.717, 1.165) is 17.4 Å². The predicted octanol–water partition coefficient (Wildman–Crippen LogP) is 3.02. The van der Waals surface area contributed by atoms with Crippen molar-refractivity contribution in [3.8, 4) is 0 Å². The van der Waals surface area contributed by atoms with Gasteiger partial charge < -0.3 is 5.32 Å². The molecule has 0 aromatic carbocycles. The van der Waals surface area contributed by atoms with Crippen molar-refractivity contribution in [2.75, 3.05) is 7.05 Å². The third-order valence-electron chi connectivity index (χ3n) is 3.84. The number of aromatic nitrogens is 2. The maximum atomic E-state index is 4.52. The Morgan fingerprint density at radius 3 is 2.82 bits per heavy atom. The van der Waals surface area contributed by atoms with Crippen LogP contribution in [-0.2, 0) is 0 Å². The molecule has 17 heavy (non-hydrogen) atoms. The fraction of sp³-hybridized carbons (Fsp3) is 0.714. The lowest BCUT2D eigenvalue weighted by atomic mass is 9.97. The van der Waals surface area contributed by atoms with Crippen LogP contribution in [0.5, 0.6) is 0 Å². The fourth-order valence-corrected chi connectivity index (χ4v) is 2.81. The van der Waals surface area contributed by atoms with Crippen LogP contribution in [0.1, 0.15) is 56.1 Å². The van der Waals surface area contributed by atoms with Crippen molar-refractivity contribution >= 4 is 0 Å². The Kier molecular flexibility index (Phi) is 4.49. The van der Waals surface area contributed by atoms with E-state index in [1.54, 1.807) is 0 Å². The number of hydrogen-bond acceptors (Lipinski definition) is 3. The first kappa shape index (κ1) is 12.5. The van der Waals surface area contributed by atoms with Crippen molar-refractivity contribution in [3.05, 3.63) is 23.8 Å². The van der Waals surface area contributed by atoms with Gasteiger partial charge in [-0.25, -0.2) is 9.97 Å². The van der Waals surface area contributed by atoms with Gasteiger partial charge in [0, 0.05) is 12.2 Å². The highest BCUT2D eigenvalue weighted by atomic mass is 14.9. The number of aryl methyl sites for hydroxylation is 1. The van der Waals surface area contributed by atoms with E-state index in [2.05, 4.69) is 15.3 Å². The highest BCUT2D eigenvalue weighted by Crippen LogP contribution is 2.30. The van der Waals surface area contributed by atoms with E-state index in [4.69, 9.17) is 0 Å². The molecular formula is C14H23N3. The molecule has 0 aliphatic heterocycles. The van der Waals surface area contributed by atoms with Crippen LogP contribution in [0.25, 0.3) is 0 Å². The normalized spacial score (nSPS) is 18.5. The molecule has 3 nitrogen and oxygen atoms in total. The predicted molar refractivity (Wildman–Crippen MR) is 69.8 cm³/mol. The smallest absolute Gasteiger partial charge is 0.125 e. The number of rotatable bonds is 5. The van der Waals surface area contributed by atoms with Crippen molar-refractivity contribution < 1.29 is 0 Å². The van der Waals surface area contributed by atoms with E-state index < -0.39 is 0 Å². The Morgan fingerprint density at radius 2 is 2.18 bits per heavy atom. The summed E-state index contributed by atoms with van der Waals surface area (Å²) in [5, 5.41) is 3.38. The van der Waals surface area contributed by atoms with Gasteiger partial charge in [0.05, 0.1) is 5.69 Å². The average Bonchev–Trinajstić information content (AvgIpc) is 2.83. The summed E-state index contributed by atoms with van der Waals surface area (Å²) in [6.45, 7) is 1.95. The van der Waals surface area contributed by atoms with Crippen LogP contribution in [0.2, 0.25) is 0 Å². The van der Waals surface area contributed by atoms with E-state index in [0.29, 0.717) is 6.04 Å². The Balaban J connectivity index is 1.91. The molecule has 0 bridgehead atoms. The number of nitrogens with zero attached hydrogens (tertiary/aromatic N) is 2. The zero-order valence-corrected chi connectivity index (χ0v) is 10.9. The van der Waals surface area contributed by atoms with Crippen LogP contribution in [0.15, 0.2) is 12.3 Å². The van der Waals surface area contributed by atoms with Gasteiger partial charge >= 0.3 is 0 Å². The summed E-state index contributed by atoms with van der Waals surface area (Å²) < 4.78 is 0. The lowest BCUT2D eigenvalue weighted by Gasteiger charge is -2.18. The van der Waals surface area contributed by atoms with E-state index >= 15 is 0 Å². The summed E-state index contributed by atoms with van der Waals surface area (Å²) in [5.74, 6) is 1.82. The summed E-state index contributed by atoms with van der Waals surface area (Å²) >= 11 is 0. The van der Waals surface area contributed by atoms with Gasteiger partial charge in [-0.05, 0) is 38.8 Å². The highest BCUT2D eigenvalue weighted by molar-refractivity contribution is 5.07. The molecule has 1 aliphatic carbocycles. The molecule has 0 spiro atoms. The third-order valence-corrected chi connectivity index (χ3v) is 3.84. The van der Waals surface area contributed by atoms with Crippen molar-refractivity contribution in [2.24, 2.45) is 5.92 Å². The second-order valence-electron chi connectivity index (χ2n) is 5.10. The maximum Gasteiger partial charge on any atom is 0.125 e. The van der Waals surface area contributed by atoms with Crippen molar-refractivity contribution in [1.29, 1.82) is 0 Å². The molecule has 1 aromatic rings. The second-order valence-corrected chi connectivity index (χ2v) is 5.10. The van der Waals surface area contributed by atoms with Gasteiger partial charge in [-0.3, -0.25) is 0 Å². The Morgan fingerprint density at radius 1 is 1.41 bits per heavy atom. The zero-order valence-electron chi connectivity index (χ0n) is 10.9. The average molecular weight is 233 g/mol. The van der Waals surface area contributed by atoms with Gasteiger partial charge in [0.25, 0.3) is 0 Å². The topological polar surface area (TPSA) is 37.8 Å². The van der Waals surface area contributed by atoms with E-state index in [1.807, 2.05) is 26.2 Å². The molecule has 94 valence electrons. The number of hydrogen-bond donors (Lipinski definition) is 1. The summed E-state index contributed by atoms with van der Waals surface area (Å²) in [6.07, 6.45) is 10.1. The molecule has 0 radical (unpaired) electrons. The first-order valence-electron chi connectivity index (χ1n) is 6.76. The minimum atomic E-state index is 0.386. The largest absolute Gasteiger partial charge is 0.312 e. The van der Waals surface area contributed by atoms with Crippen molar-refractivity contribution in [3.63, 3.8) is 0 Å². The second kappa shape index (κ2) is 6.10. The first-order chi connectivity index (χ1) is 8.29. The van der Waals surface area contributed by atoms with Crippen molar-refractivity contribution in [1.82, 2.24) is 15.3 Å². The van der Waals surface area contributed by atoms with Crippen LogP contribution in [0.3, 0.4) is 0 Å². The number of nitrogens with one attached hydrogen (secondary N) is 1. The monoisotopic (exact) mass is 233 g/mol. The molecule has 3 heteroatoms. The van der Waals surface area contributed by atoms with Crippen LogP contribution in [0.4, 0.5) is 0 Å². The van der Waals surface area contributed by atoms with Gasteiger partial charge in [0.15, 0.2) is 0 Å². The molecule has 2 rings (SSSR count). The van der Waals surface area contributed by atoms with Crippen LogP contribution in [0, 0.1) is 12.8 Å². The summed E-state index contributed by atoms with van der Waals surface area (Å²) in [6, 6.07) is 2.42. The standard InChI is InChI=1S/C14H23N3/c1-11-16-10-9-14(17-11)13(15-2)8-7-12-5-3-4-6-12/h9-10,12-13,15H,3-8H2,1-2H3. The molecule has 1 atom stereocenters. The highest BCUT2D eigenvalue weighted by Gasteiger charge is 2.18. The molecule has 0 amide bonds. The van der Waals surface area contributed by atoms with Gasteiger partial charge in [0.1, 0.15) is 5.82 Å². The van der Waals surface area contributed by atoms with Crippen LogP contribution >= 0.6 is 0 Å². The fourth-order valence-electron chi connectivity index (χ4n) is 2.81. The molecule has 1 heterocycles. The molecule has 1 saturated carbocycles. The van der Waals surface area contributed by atoms with Gasteiger partial charge in [-0.2, -0.15) is 0 Å². The van der Waals surface area contributed by atoms with Crippen LogP contribution in [-0.4, -0.2) is 17.0 Å². The molecule has 1 fully saturated rings. The zero-order chi connectivity index (χ0) is 12.1. The molecule has 1 N–H and O–H groups in total. The van der Waals surface area contributed by atoms with Gasteiger partial charge in [-0.15, -0.1) is 0 Å². The maximum absolute atomic E-state index is 4.52. The Labute approximate surface area is 104 Å². The van der Waals surface area contributed by atoms with Gasteiger partial charge in [0.2, 0.25) is 0 Å². The summed E-state index contributed by atoms with van der Waals surface area (Å²) in [7, 11) is 2.02. The SMILES string of the molecule is CNC(CCC1CCCC1)c1ccnc(C)n1. The van der Waals surface area contributed by atoms with Crippen molar-refractivity contribution in [2.45, 2.75) is 51.5 Å². The third kappa shape index (κ3) is 3.50. The lowest BCUT2D eigenvalue weighted by molar-refractivity contribution is 0.422. The van der Waals surface area contributed by atoms with E-state index in [9.17, 15) is 0 Å². The summed E-state index contributed by atoms with van der Waals surface area (Å²) in [5.41, 5.74) is 1.14. The molecule has 1 unspecified atom stereocenters. The Hall–Kier alpha value is -0.960. The van der Waals surface area contributed by atoms with E-state index in [-0.39, 0.29) is 0 Å². The summed E-state index contributed by atoms with van der Waals surface area (Å²) in [4.78, 5) is 8.67. The van der Waals surface area contributed by atoms with Gasteiger partial charge in [-0.1, -0.05) is 25.7 Å². The van der Waals surface area contributed by atoms with Crippen LogP contribution < -0.4 is 5.32 Å². The minimum absolute atomic E-state index is 0.386. The molecular weight excluding hydrogens is 210 g/mol.